The SMILES string of the molecule is COc1ccc(S(=O)(=O)N2CCC2)cc1C(=O)NC12CCCC(CC1)N2Cc1ccccc1. The first-order valence-electron chi connectivity index (χ1n) is 11.7. The molecular formula is C25H31N3O4S. The maximum absolute atomic E-state index is 13.6. The number of sulfonamides is 1. The molecule has 176 valence electrons. The molecule has 2 atom stereocenters. The lowest BCUT2D eigenvalue weighted by Gasteiger charge is -2.45. The number of rotatable bonds is 7. The van der Waals surface area contributed by atoms with Gasteiger partial charge in [0.2, 0.25) is 10.0 Å². The van der Waals surface area contributed by atoms with Crippen molar-refractivity contribution in [3.05, 3.63) is 59.7 Å². The van der Waals surface area contributed by atoms with Crippen LogP contribution in [-0.2, 0) is 16.6 Å². The van der Waals surface area contributed by atoms with E-state index >= 15 is 0 Å². The highest BCUT2D eigenvalue weighted by molar-refractivity contribution is 7.89. The third-order valence-corrected chi connectivity index (χ3v) is 9.31. The number of benzene rings is 2. The molecule has 3 aliphatic heterocycles. The molecule has 0 spiro atoms. The first-order chi connectivity index (χ1) is 15.9. The van der Waals surface area contributed by atoms with Gasteiger partial charge in [-0.15, -0.1) is 0 Å². The molecule has 3 aliphatic rings. The van der Waals surface area contributed by atoms with Gasteiger partial charge in [-0.25, -0.2) is 8.42 Å². The highest BCUT2D eigenvalue weighted by atomic mass is 32.2. The zero-order valence-corrected chi connectivity index (χ0v) is 19.8. The van der Waals surface area contributed by atoms with Gasteiger partial charge in [0.25, 0.3) is 5.91 Å². The molecule has 2 aromatic rings. The third kappa shape index (κ3) is 4.05. The van der Waals surface area contributed by atoms with Crippen molar-refractivity contribution >= 4 is 15.9 Å². The molecule has 3 heterocycles. The molecule has 1 amide bonds. The summed E-state index contributed by atoms with van der Waals surface area (Å²) in [5.41, 5.74) is 1.07. The van der Waals surface area contributed by atoms with Crippen LogP contribution in [0.5, 0.6) is 5.75 Å². The highest BCUT2D eigenvalue weighted by Crippen LogP contribution is 2.43. The molecule has 2 aromatic carbocycles. The quantitative estimate of drug-likeness (QED) is 0.673. The molecule has 3 fully saturated rings. The Kier molecular flexibility index (Phi) is 5.93. The molecular weight excluding hydrogens is 438 g/mol. The molecule has 2 bridgehead atoms. The summed E-state index contributed by atoms with van der Waals surface area (Å²) in [7, 11) is -2.09. The fraction of sp³-hybridized carbons (Fsp3) is 0.480. The summed E-state index contributed by atoms with van der Waals surface area (Å²) >= 11 is 0. The van der Waals surface area contributed by atoms with Crippen molar-refractivity contribution in [1.82, 2.24) is 14.5 Å². The molecule has 0 aliphatic carbocycles. The van der Waals surface area contributed by atoms with E-state index in [9.17, 15) is 13.2 Å². The minimum absolute atomic E-state index is 0.139. The standard InChI is InChI=1S/C25H31N3O4S/c1-32-23-11-10-21(33(30,31)27-15-6-16-27)17-22(23)24(29)26-25-13-5-9-20(12-14-25)28(25)18-19-7-3-2-4-8-19/h2-4,7-8,10-11,17,20H,5-6,9,12-16,18H2,1H3,(H,26,29). The summed E-state index contributed by atoms with van der Waals surface area (Å²) in [5.74, 6) is 0.0968. The van der Waals surface area contributed by atoms with Crippen LogP contribution in [0.4, 0.5) is 0 Å². The maximum Gasteiger partial charge on any atom is 0.256 e. The van der Waals surface area contributed by atoms with E-state index < -0.39 is 15.7 Å². The zero-order valence-electron chi connectivity index (χ0n) is 19.0. The van der Waals surface area contributed by atoms with Gasteiger partial charge in [-0.2, -0.15) is 4.31 Å². The Morgan fingerprint density at radius 1 is 1.09 bits per heavy atom. The number of nitrogens with one attached hydrogen (secondary N) is 1. The smallest absolute Gasteiger partial charge is 0.256 e. The van der Waals surface area contributed by atoms with Gasteiger partial charge in [0.05, 0.1) is 23.2 Å². The van der Waals surface area contributed by atoms with Crippen molar-refractivity contribution in [3.63, 3.8) is 0 Å². The number of carbonyl (C=O) groups is 1. The molecule has 0 saturated carbocycles. The molecule has 1 N–H and O–H groups in total. The maximum atomic E-state index is 13.6. The number of carbonyl (C=O) groups excluding carboxylic acids is 1. The van der Waals surface area contributed by atoms with Gasteiger partial charge < -0.3 is 10.1 Å². The fourth-order valence-corrected chi connectivity index (χ4v) is 7.03. The van der Waals surface area contributed by atoms with Gasteiger partial charge in [0.1, 0.15) is 5.75 Å². The van der Waals surface area contributed by atoms with Gasteiger partial charge in [-0.05, 0) is 62.3 Å². The molecule has 33 heavy (non-hydrogen) atoms. The van der Waals surface area contributed by atoms with Crippen LogP contribution in [-0.4, -0.2) is 55.4 Å². The normalized spacial score (nSPS) is 25.4. The minimum Gasteiger partial charge on any atom is -0.496 e. The van der Waals surface area contributed by atoms with Crippen LogP contribution < -0.4 is 10.1 Å². The van der Waals surface area contributed by atoms with Gasteiger partial charge in [-0.3, -0.25) is 9.69 Å². The number of hydrogen-bond acceptors (Lipinski definition) is 5. The van der Waals surface area contributed by atoms with Crippen LogP contribution in [0.1, 0.15) is 54.4 Å². The first-order valence-corrected chi connectivity index (χ1v) is 13.2. The second kappa shape index (κ2) is 8.74. The zero-order chi connectivity index (χ0) is 23.1. The van der Waals surface area contributed by atoms with Crippen LogP contribution >= 0.6 is 0 Å². The average molecular weight is 470 g/mol. The van der Waals surface area contributed by atoms with E-state index in [1.165, 1.54) is 29.1 Å². The Morgan fingerprint density at radius 3 is 2.58 bits per heavy atom. The van der Waals surface area contributed by atoms with Crippen molar-refractivity contribution in [2.75, 3.05) is 20.2 Å². The van der Waals surface area contributed by atoms with E-state index in [0.29, 0.717) is 24.9 Å². The van der Waals surface area contributed by atoms with Gasteiger partial charge in [0, 0.05) is 25.7 Å². The predicted octanol–water partition coefficient (Wildman–Crippen LogP) is 3.36. The first kappa shape index (κ1) is 22.4. The van der Waals surface area contributed by atoms with Crippen molar-refractivity contribution in [2.45, 2.75) is 61.7 Å². The second-order valence-electron chi connectivity index (χ2n) is 9.30. The third-order valence-electron chi connectivity index (χ3n) is 7.42. The Morgan fingerprint density at radius 2 is 1.88 bits per heavy atom. The lowest BCUT2D eigenvalue weighted by Crippen LogP contribution is -2.60. The van der Waals surface area contributed by atoms with Crippen LogP contribution in [0.2, 0.25) is 0 Å². The second-order valence-corrected chi connectivity index (χ2v) is 11.2. The Hall–Kier alpha value is -2.42. The largest absolute Gasteiger partial charge is 0.496 e. The summed E-state index contributed by atoms with van der Waals surface area (Å²) in [6, 6.07) is 15.4. The number of ether oxygens (including phenoxy) is 1. The summed E-state index contributed by atoms with van der Waals surface area (Å²) in [4.78, 5) is 16.2. The summed E-state index contributed by atoms with van der Waals surface area (Å²) < 4.78 is 32.7. The number of piperidine rings is 1. The average Bonchev–Trinajstić information content (AvgIpc) is 2.95. The lowest BCUT2D eigenvalue weighted by atomic mass is 9.95. The topological polar surface area (TPSA) is 79.0 Å². The van der Waals surface area contributed by atoms with E-state index in [2.05, 4.69) is 22.3 Å². The van der Waals surface area contributed by atoms with E-state index in [4.69, 9.17) is 4.74 Å². The van der Waals surface area contributed by atoms with Gasteiger partial charge >= 0.3 is 0 Å². The van der Waals surface area contributed by atoms with Crippen LogP contribution in [0.25, 0.3) is 0 Å². The number of amides is 1. The van der Waals surface area contributed by atoms with E-state index in [-0.39, 0.29) is 16.4 Å². The highest BCUT2D eigenvalue weighted by Gasteiger charge is 2.49. The molecule has 7 nitrogen and oxygen atoms in total. The molecule has 3 saturated heterocycles. The van der Waals surface area contributed by atoms with E-state index in [1.807, 2.05) is 18.2 Å². The lowest BCUT2D eigenvalue weighted by molar-refractivity contribution is 0.0184. The van der Waals surface area contributed by atoms with E-state index in [0.717, 1.165) is 45.1 Å². The van der Waals surface area contributed by atoms with Gasteiger partial charge in [-0.1, -0.05) is 30.3 Å². The monoisotopic (exact) mass is 469 g/mol. The Balaban J connectivity index is 1.43. The number of hydrogen-bond donors (Lipinski definition) is 1. The van der Waals surface area contributed by atoms with Crippen LogP contribution in [0.3, 0.4) is 0 Å². The van der Waals surface area contributed by atoms with Crippen molar-refractivity contribution in [3.8, 4) is 5.75 Å². The van der Waals surface area contributed by atoms with Gasteiger partial charge in [0.15, 0.2) is 0 Å². The fourth-order valence-electron chi connectivity index (χ4n) is 5.49. The number of methoxy groups -OCH3 is 1. The van der Waals surface area contributed by atoms with E-state index in [1.54, 1.807) is 6.07 Å². The van der Waals surface area contributed by atoms with Crippen molar-refractivity contribution in [2.24, 2.45) is 0 Å². The minimum atomic E-state index is -3.59. The Bertz CT molecular complexity index is 1130. The molecule has 5 rings (SSSR count). The molecule has 0 aromatic heterocycles. The molecule has 8 heteroatoms. The summed E-state index contributed by atoms with van der Waals surface area (Å²) in [5, 5.41) is 3.32. The van der Waals surface area contributed by atoms with Crippen molar-refractivity contribution < 1.29 is 17.9 Å². The van der Waals surface area contributed by atoms with Crippen LogP contribution in [0.15, 0.2) is 53.4 Å². The van der Waals surface area contributed by atoms with Crippen molar-refractivity contribution in [1.29, 1.82) is 0 Å². The summed E-state index contributed by atoms with van der Waals surface area (Å²) in [6.07, 6.45) is 5.89. The Labute approximate surface area is 195 Å². The summed E-state index contributed by atoms with van der Waals surface area (Å²) in [6.45, 7) is 1.83. The van der Waals surface area contributed by atoms with Crippen LogP contribution in [0, 0.1) is 0 Å². The number of fused-ring (bicyclic) bond motifs is 2. The predicted molar refractivity (Wildman–Crippen MR) is 125 cm³/mol. The number of nitrogens with zero attached hydrogens (tertiary/aromatic N) is 2. The molecule has 2 unspecified atom stereocenters. The molecule has 0 radical (unpaired) electrons.